The van der Waals surface area contributed by atoms with Gasteiger partial charge in [0.15, 0.2) is 17.4 Å². The lowest BCUT2D eigenvalue weighted by Gasteiger charge is -2.41. The van der Waals surface area contributed by atoms with Gasteiger partial charge >= 0.3 is 0 Å². The van der Waals surface area contributed by atoms with Crippen LogP contribution in [0.5, 0.6) is 5.75 Å². The lowest BCUT2D eigenvalue weighted by molar-refractivity contribution is 0.0973. The van der Waals surface area contributed by atoms with E-state index in [0.29, 0.717) is 42.6 Å². The van der Waals surface area contributed by atoms with E-state index < -0.39 is 0 Å². The molecule has 4 aliphatic heterocycles. The molecule has 0 saturated carbocycles. The fraction of sp³-hybridized carbons (Fsp3) is 0.625. The third kappa shape index (κ3) is 4.03. The molecule has 11 heteroatoms. The molecule has 4 aliphatic rings. The SMILES string of the molecule is C[C@@H]1OCC2(CCN(c3ncc(Sc4ccnc5c4OC[C@@H]4C[C@H](O)CN54)nc3CO)CC2)[C@@H]1N. The number of hydrogen-bond donors (Lipinski definition) is 3. The van der Waals surface area contributed by atoms with E-state index in [1.165, 1.54) is 11.8 Å². The van der Waals surface area contributed by atoms with Crippen molar-refractivity contribution in [3.8, 4) is 5.75 Å². The smallest absolute Gasteiger partial charge is 0.175 e. The summed E-state index contributed by atoms with van der Waals surface area (Å²) in [7, 11) is 0. The minimum atomic E-state index is -0.358. The summed E-state index contributed by atoms with van der Waals surface area (Å²) in [6, 6.07) is 2.12. The number of hydrogen-bond acceptors (Lipinski definition) is 11. The topological polar surface area (TPSA) is 130 Å². The standard InChI is InChI=1S/C24H32N6O4S/c1-14-21(25)24(13-34-14)3-6-29(7-4-24)22-17(11-31)28-19(9-27-22)35-18-2-5-26-23-20(18)33-12-15-8-16(32)10-30(15)23/h2,5,9,14-16,21,31-32H,3-4,6-8,10-13,25H2,1H3/t14-,15-,16-,21+/m0/s1. The number of piperidine rings is 1. The molecule has 0 aromatic carbocycles. The first-order valence-corrected chi connectivity index (χ1v) is 13.1. The zero-order chi connectivity index (χ0) is 24.2. The van der Waals surface area contributed by atoms with Crippen molar-refractivity contribution in [1.82, 2.24) is 15.0 Å². The van der Waals surface area contributed by atoms with Gasteiger partial charge in [-0.3, -0.25) is 0 Å². The first-order valence-electron chi connectivity index (χ1n) is 12.3. The highest BCUT2D eigenvalue weighted by Gasteiger charge is 2.47. The maximum absolute atomic E-state index is 10.1. The van der Waals surface area contributed by atoms with Gasteiger partial charge in [0.25, 0.3) is 0 Å². The fourth-order valence-electron chi connectivity index (χ4n) is 5.90. The van der Waals surface area contributed by atoms with Crippen LogP contribution in [-0.4, -0.2) is 82.3 Å². The van der Waals surface area contributed by atoms with Crippen LogP contribution >= 0.6 is 11.8 Å². The van der Waals surface area contributed by atoms with E-state index in [2.05, 4.69) is 21.7 Å². The summed E-state index contributed by atoms with van der Waals surface area (Å²) in [4.78, 5) is 19.2. The number of pyridine rings is 1. The highest BCUT2D eigenvalue weighted by Crippen LogP contribution is 2.45. The molecule has 0 radical (unpaired) electrons. The Morgan fingerprint density at radius 2 is 2.09 bits per heavy atom. The molecule has 4 N–H and O–H groups in total. The van der Waals surface area contributed by atoms with Gasteiger partial charge in [-0.1, -0.05) is 11.8 Å². The molecule has 2 aromatic rings. The van der Waals surface area contributed by atoms with E-state index in [1.807, 2.05) is 6.07 Å². The van der Waals surface area contributed by atoms with Crippen LogP contribution in [0.15, 0.2) is 28.4 Å². The second kappa shape index (κ2) is 9.04. The highest BCUT2D eigenvalue weighted by molar-refractivity contribution is 7.99. The zero-order valence-corrected chi connectivity index (χ0v) is 20.7. The third-order valence-electron chi connectivity index (χ3n) is 8.00. The van der Waals surface area contributed by atoms with Crippen molar-refractivity contribution in [1.29, 1.82) is 0 Å². The van der Waals surface area contributed by atoms with E-state index in [-0.39, 0.29) is 36.3 Å². The predicted octanol–water partition coefficient (Wildman–Crippen LogP) is 1.18. The number of ether oxygens (including phenoxy) is 2. The normalized spacial score (nSPS) is 29.3. The molecule has 0 amide bonds. The Morgan fingerprint density at radius 3 is 2.83 bits per heavy atom. The number of nitrogens with two attached hydrogens (primary N) is 1. The molecule has 0 bridgehead atoms. The molecule has 10 nitrogen and oxygen atoms in total. The Labute approximate surface area is 208 Å². The average Bonchev–Trinajstić information content (AvgIpc) is 3.39. The molecular formula is C24H32N6O4S. The molecule has 0 unspecified atom stereocenters. The predicted molar refractivity (Wildman–Crippen MR) is 131 cm³/mol. The fourth-order valence-corrected chi connectivity index (χ4v) is 6.76. The molecule has 6 heterocycles. The van der Waals surface area contributed by atoms with Crippen LogP contribution in [0.4, 0.5) is 11.6 Å². The highest BCUT2D eigenvalue weighted by atomic mass is 32.2. The summed E-state index contributed by atoms with van der Waals surface area (Å²) < 4.78 is 11.9. The first kappa shape index (κ1) is 23.2. The Morgan fingerprint density at radius 1 is 1.26 bits per heavy atom. The molecule has 188 valence electrons. The summed E-state index contributed by atoms with van der Waals surface area (Å²) in [5.74, 6) is 2.21. The van der Waals surface area contributed by atoms with Crippen LogP contribution < -0.4 is 20.3 Å². The summed E-state index contributed by atoms with van der Waals surface area (Å²) in [5.41, 5.74) is 7.06. The Hall–Kier alpha value is -2.18. The minimum absolute atomic E-state index is 0.0311. The quantitative estimate of drug-likeness (QED) is 0.559. The zero-order valence-electron chi connectivity index (χ0n) is 19.8. The van der Waals surface area contributed by atoms with Crippen LogP contribution in [0.3, 0.4) is 0 Å². The van der Waals surface area contributed by atoms with Gasteiger partial charge in [0.1, 0.15) is 17.3 Å². The van der Waals surface area contributed by atoms with Crippen molar-refractivity contribution in [3.63, 3.8) is 0 Å². The molecule has 4 atom stereocenters. The first-order chi connectivity index (χ1) is 17.0. The summed E-state index contributed by atoms with van der Waals surface area (Å²) in [6.07, 6.45) is 5.82. The molecule has 3 fully saturated rings. The maximum atomic E-state index is 10.1. The monoisotopic (exact) mass is 500 g/mol. The van der Waals surface area contributed by atoms with Crippen LogP contribution in [0.1, 0.15) is 31.9 Å². The van der Waals surface area contributed by atoms with Crippen molar-refractivity contribution >= 4 is 23.4 Å². The lowest BCUT2D eigenvalue weighted by Crippen LogP contribution is -2.51. The number of anilines is 2. The number of rotatable bonds is 4. The Balaban J connectivity index is 1.19. The van der Waals surface area contributed by atoms with Crippen LogP contribution in [0.25, 0.3) is 0 Å². The molecule has 1 spiro atoms. The third-order valence-corrected chi connectivity index (χ3v) is 8.95. The van der Waals surface area contributed by atoms with E-state index >= 15 is 0 Å². The Bertz CT molecular complexity index is 1100. The number of aliphatic hydroxyl groups excluding tert-OH is 2. The van der Waals surface area contributed by atoms with Gasteiger partial charge in [-0.2, -0.15) is 0 Å². The summed E-state index contributed by atoms with van der Waals surface area (Å²) >= 11 is 1.45. The van der Waals surface area contributed by atoms with E-state index in [1.54, 1.807) is 12.4 Å². The van der Waals surface area contributed by atoms with Crippen molar-refractivity contribution in [2.45, 2.75) is 67.0 Å². The molecule has 3 saturated heterocycles. The lowest BCUT2D eigenvalue weighted by atomic mass is 9.73. The van der Waals surface area contributed by atoms with Crippen molar-refractivity contribution in [3.05, 3.63) is 24.2 Å². The second-order valence-electron chi connectivity index (χ2n) is 10.1. The summed E-state index contributed by atoms with van der Waals surface area (Å²) in [6.45, 7) is 5.30. The largest absolute Gasteiger partial charge is 0.486 e. The molecule has 6 rings (SSSR count). The molecule has 0 aliphatic carbocycles. The summed E-state index contributed by atoms with van der Waals surface area (Å²) in [5, 5.41) is 20.9. The van der Waals surface area contributed by atoms with Crippen molar-refractivity contribution in [2.75, 3.05) is 42.6 Å². The van der Waals surface area contributed by atoms with Gasteiger partial charge in [0.05, 0.1) is 42.6 Å². The van der Waals surface area contributed by atoms with Gasteiger partial charge in [-0.15, -0.1) is 0 Å². The number of aliphatic hydroxyl groups is 2. The Kier molecular flexibility index (Phi) is 6.00. The van der Waals surface area contributed by atoms with Crippen LogP contribution in [-0.2, 0) is 11.3 Å². The van der Waals surface area contributed by atoms with E-state index in [4.69, 9.17) is 25.2 Å². The van der Waals surface area contributed by atoms with Gasteiger partial charge in [0, 0.05) is 37.3 Å². The van der Waals surface area contributed by atoms with Crippen molar-refractivity contribution in [2.24, 2.45) is 11.1 Å². The number of nitrogens with zero attached hydrogens (tertiary/aromatic N) is 5. The van der Waals surface area contributed by atoms with Gasteiger partial charge in [-0.05, 0) is 32.3 Å². The second-order valence-corrected chi connectivity index (χ2v) is 11.2. The molecule has 2 aromatic heterocycles. The van der Waals surface area contributed by atoms with Gasteiger partial charge in [0.2, 0.25) is 0 Å². The number of aromatic nitrogens is 3. The van der Waals surface area contributed by atoms with E-state index in [9.17, 15) is 10.2 Å². The van der Waals surface area contributed by atoms with Crippen LogP contribution in [0.2, 0.25) is 0 Å². The van der Waals surface area contributed by atoms with E-state index in [0.717, 1.165) is 42.5 Å². The van der Waals surface area contributed by atoms with Crippen LogP contribution in [0, 0.1) is 5.41 Å². The maximum Gasteiger partial charge on any atom is 0.175 e. The minimum Gasteiger partial charge on any atom is -0.486 e. The molecular weight excluding hydrogens is 468 g/mol. The van der Waals surface area contributed by atoms with Gasteiger partial charge in [-0.25, -0.2) is 15.0 Å². The van der Waals surface area contributed by atoms with Crippen molar-refractivity contribution < 1.29 is 19.7 Å². The number of fused-ring (bicyclic) bond motifs is 3. The van der Waals surface area contributed by atoms with Gasteiger partial charge < -0.3 is 35.2 Å². The molecule has 35 heavy (non-hydrogen) atoms. The average molecular weight is 501 g/mol.